The van der Waals surface area contributed by atoms with Gasteiger partial charge in [-0.15, -0.1) is 0 Å². The molecule has 1 fully saturated rings. The minimum absolute atomic E-state index is 0.0405. The van der Waals surface area contributed by atoms with Gasteiger partial charge in [0.2, 0.25) is 11.2 Å². The van der Waals surface area contributed by atoms with Crippen molar-refractivity contribution in [2.24, 2.45) is 0 Å². The maximum Gasteiger partial charge on any atom is 0.244 e. The zero-order valence-electron chi connectivity index (χ0n) is 24.0. The Kier molecular flexibility index (Phi) is 11.1. The molecule has 0 unspecified atom stereocenters. The van der Waals surface area contributed by atoms with Gasteiger partial charge in [0.25, 0.3) is 0 Å². The number of likely N-dealkylation sites (N-methyl/N-ethyl adjacent to an activating group) is 1. The number of piperazine rings is 1. The van der Waals surface area contributed by atoms with Crippen molar-refractivity contribution in [1.29, 1.82) is 0 Å². The Morgan fingerprint density at radius 1 is 1.14 bits per heavy atom. The van der Waals surface area contributed by atoms with Gasteiger partial charge in [-0.05, 0) is 61.0 Å². The van der Waals surface area contributed by atoms with Gasteiger partial charge in [0, 0.05) is 55.9 Å². The number of ether oxygens (including phenoxy) is 2. The summed E-state index contributed by atoms with van der Waals surface area (Å²) in [5.41, 5.74) is 9.93. The quantitative estimate of drug-likeness (QED) is 0.133. The molecule has 0 saturated carbocycles. The van der Waals surface area contributed by atoms with E-state index >= 15 is 4.39 Å². The maximum atomic E-state index is 15.6. The molecule has 0 amide bonds. The topological polar surface area (TPSA) is 106 Å². The van der Waals surface area contributed by atoms with Crippen LogP contribution in [0.5, 0.6) is 11.5 Å². The molecule has 13 heteroatoms. The van der Waals surface area contributed by atoms with Crippen LogP contribution in [0.15, 0.2) is 42.7 Å². The Hall–Kier alpha value is -3.57. The van der Waals surface area contributed by atoms with Crippen molar-refractivity contribution < 1.29 is 18.7 Å². The van der Waals surface area contributed by atoms with Gasteiger partial charge in [-0.25, -0.2) is 14.4 Å². The van der Waals surface area contributed by atoms with Gasteiger partial charge in [-0.2, -0.15) is 0 Å². The lowest BCUT2D eigenvalue weighted by atomic mass is 10.1. The number of nitrogens with one attached hydrogen (secondary N) is 1. The van der Waals surface area contributed by atoms with Crippen LogP contribution >= 0.6 is 34.8 Å². The van der Waals surface area contributed by atoms with Crippen molar-refractivity contribution in [2.45, 2.75) is 13.8 Å². The average Bonchev–Trinajstić information content (AvgIpc) is 2.99. The summed E-state index contributed by atoms with van der Waals surface area (Å²) in [5.74, 6) is -0.205. The lowest BCUT2D eigenvalue weighted by Crippen LogP contribution is -2.46. The summed E-state index contributed by atoms with van der Waals surface area (Å²) in [6, 6.07) is 5.34. The van der Waals surface area contributed by atoms with E-state index < -0.39 is 11.1 Å². The molecule has 3 aromatic rings. The Morgan fingerprint density at radius 3 is 2.44 bits per heavy atom. The number of halogens is 4. The van der Waals surface area contributed by atoms with E-state index in [1.165, 1.54) is 37.7 Å². The van der Waals surface area contributed by atoms with Crippen LogP contribution in [0.2, 0.25) is 10.0 Å². The Morgan fingerprint density at radius 2 is 1.81 bits per heavy atom. The van der Waals surface area contributed by atoms with E-state index in [-0.39, 0.29) is 33.7 Å². The van der Waals surface area contributed by atoms with E-state index in [2.05, 4.69) is 32.0 Å². The van der Waals surface area contributed by atoms with Crippen LogP contribution in [-0.4, -0.2) is 66.6 Å². The number of anilines is 4. The highest BCUT2D eigenvalue weighted by atomic mass is 35.5. The fourth-order valence-electron chi connectivity index (χ4n) is 4.67. The SMILES string of the molecule is CCN1CCN(c2ccc(N)c(Nc3ncc(/C=C(\F)c4c(Cl)c(OC)cc(OC/C=C/C(=O)Cl)c4Cl)cn3)c2C)CC1. The number of carbonyl (C=O) groups is 1. The molecule has 3 N–H and O–H groups in total. The van der Waals surface area contributed by atoms with Crippen molar-refractivity contribution in [2.75, 3.05) is 62.4 Å². The molecule has 0 atom stereocenters. The van der Waals surface area contributed by atoms with Gasteiger partial charge in [-0.3, -0.25) is 4.79 Å². The van der Waals surface area contributed by atoms with Crippen LogP contribution in [0.4, 0.5) is 27.4 Å². The van der Waals surface area contributed by atoms with Gasteiger partial charge in [0.1, 0.15) is 23.9 Å². The summed E-state index contributed by atoms with van der Waals surface area (Å²) in [5, 5.41) is 2.44. The van der Waals surface area contributed by atoms with Crippen LogP contribution < -0.4 is 25.4 Å². The number of nitrogens with zero attached hydrogens (tertiary/aromatic N) is 4. The van der Waals surface area contributed by atoms with Gasteiger partial charge in [0.05, 0.1) is 34.1 Å². The molecule has 0 aliphatic carbocycles. The Bertz CT molecular complexity index is 1530. The third-order valence-corrected chi connectivity index (χ3v) is 7.88. The summed E-state index contributed by atoms with van der Waals surface area (Å²) < 4.78 is 26.4. The first-order valence-corrected chi connectivity index (χ1v) is 14.6. The number of nitrogen functional groups attached to an aromatic ring is 1. The third-order valence-electron chi connectivity index (χ3n) is 7.01. The number of methoxy groups -OCH3 is 1. The highest BCUT2D eigenvalue weighted by Gasteiger charge is 2.22. The summed E-state index contributed by atoms with van der Waals surface area (Å²) in [6.07, 6.45) is 6.64. The zero-order valence-corrected chi connectivity index (χ0v) is 26.2. The number of hydrogen-bond acceptors (Lipinski definition) is 9. The highest BCUT2D eigenvalue weighted by molar-refractivity contribution is 6.66. The molecular formula is C30H32Cl3FN6O3. The second-order valence-electron chi connectivity index (χ2n) is 9.65. The van der Waals surface area contributed by atoms with Crippen LogP contribution in [0.3, 0.4) is 0 Å². The van der Waals surface area contributed by atoms with E-state index in [4.69, 9.17) is 50.0 Å². The zero-order chi connectivity index (χ0) is 31.1. The van der Waals surface area contributed by atoms with E-state index in [9.17, 15) is 4.79 Å². The van der Waals surface area contributed by atoms with E-state index in [0.717, 1.165) is 55.7 Å². The molecule has 2 aromatic carbocycles. The largest absolute Gasteiger partial charge is 0.495 e. The molecule has 1 saturated heterocycles. The molecule has 2 heterocycles. The number of benzene rings is 2. The van der Waals surface area contributed by atoms with Crippen molar-refractivity contribution in [3.8, 4) is 11.5 Å². The molecule has 43 heavy (non-hydrogen) atoms. The number of nitrogens with two attached hydrogens (primary N) is 1. The molecule has 0 spiro atoms. The van der Waals surface area contributed by atoms with Crippen LogP contribution in [0.25, 0.3) is 11.9 Å². The maximum absolute atomic E-state index is 15.6. The highest BCUT2D eigenvalue weighted by Crippen LogP contribution is 2.44. The molecule has 0 bridgehead atoms. The first-order valence-electron chi connectivity index (χ1n) is 13.5. The Balaban J connectivity index is 1.54. The summed E-state index contributed by atoms with van der Waals surface area (Å²) in [6.45, 7) is 9.06. The average molecular weight is 650 g/mol. The molecular weight excluding hydrogens is 618 g/mol. The minimum atomic E-state index is -0.759. The third kappa shape index (κ3) is 7.88. The summed E-state index contributed by atoms with van der Waals surface area (Å²) in [7, 11) is 1.38. The van der Waals surface area contributed by atoms with Crippen molar-refractivity contribution >= 4 is 75.0 Å². The first kappa shape index (κ1) is 32.3. The molecule has 228 valence electrons. The lowest BCUT2D eigenvalue weighted by Gasteiger charge is -2.36. The molecule has 9 nitrogen and oxygen atoms in total. The van der Waals surface area contributed by atoms with Gasteiger partial charge < -0.3 is 30.3 Å². The molecule has 0 radical (unpaired) electrons. The van der Waals surface area contributed by atoms with Crippen molar-refractivity contribution in [3.05, 3.63) is 69.5 Å². The molecule has 1 aliphatic rings. The summed E-state index contributed by atoms with van der Waals surface area (Å²) >= 11 is 18.1. The smallest absolute Gasteiger partial charge is 0.244 e. The lowest BCUT2D eigenvalue weighted by molar-refractivity contribution is -0.107. The first-order chi connectivity index (χ1) is 20.6. The van der Waals surface area contributed by atoms with E-state index in [1.807, 2.05) is 19.1 Å². The Labute approximate surface area is 265 Å². The molecule has 1 aromatic heterocycles. The minimum Gasteiger partial charge on any atom is -0.495 e. The second kappa shape index (κ2) is 14.7. The molecule has 4 rings (SSSR count). The van der Waals surface area contributed by atoms with Crippen LogP contribution in [0.1, 0.15) is 23.6 Å². The van der Waals surface area contributed by atoms with Crippen molar-refractivity contribution in [1.82, 2.24) is 14.9 Å². The predicted octanol–water partition coefficient (Wildman–Crippen LogP) is 6.74. The van der Waals surface area contributed by atoms with E-state index in [1.54, 1.807) is 0 Å². The number of aromatic nitrogens is 2. The normalized spacial score (nSPS) is 14.3. The van der Waals surface area contributed by atoms with Crippen LogP contribution in [0, 0.1) is 6.92 Å². The fraction of sp³-hybridized carbons (Fsp3) is 0.300. The van der Waals surface area contributed by atoms with E-state index in [0.29, 0.717) is 17.2 Å². The number of allylic oxidation sites excluding steroid dienone is 1. The second-order valence-corrected chi connectivity index (χ2v) is 10.8. The van der Waals surface area contributed by atoms with Gasteiger partial charge >= 0.3 is 0 Å². The van der Waals surface area contributed by atoms with Gasteiger partial charge in [0.15, 0.2) is 0 Å². The number of hydrogen-bond donors (Lipinski definition) is 2. The number of carbonyl (C=O) groups excluding carboxylic acids is 1. The standard InChI is InChI=1S/C30H32Cl3FN6O3/c1-4-39-9-11-40(12-10-39)22-8-7-21(35)29(18(22)2)38-30-36-16-19(17-37-30)14-20(34)26-27(32)23(42-3)15-24(28(26)33)43-13-5-6-25(31)41/h5-8,14-17H,4,9-13,35H2,1-3H3,(H,36,37,38)/b6-5+,20-14-. The summed E-state index contributed by atoms with van der Waals surface area (Å²) in [4.78, 5) is 24.4. The fourth-order valence-corrected chi connectivity index (χ4v) is 5.42. The predicted molar refractivity (Wildman–Crippen MR) is 173 cm³/mol. The monoisotopic (exact) mass is 648 g/mol. The van der Waals surface area contributed by atoms with Crippen molar-refractivity contribution in [3.63, 3.8) is 0 Å². The van der Waals surface area contributed by atoms with Crippen LogP contribution in [-0.2, 0) is 4.79 Å². The molecule has 1 aliphatic heterocycles. The number of rotatable bonds is 11. The van der Waals surface area contributed by atoms with Gasteiger partial charge in [-0.1, -0.05) is 30.1 Å².